The fourth-order valence-electron chi connectivity index (χ4n) is 5.13. The van der Waals surface area contributed by atoms with Crippen molar-refractivity contribution < 1.29 is 32.3 Å². The highest BCUT2D eigenvalue weighted by Crippen LogP contribution is 2.61. The Morgan fingerprint density at radius 1 is 0.925 bits per heavy atom. The number of nitrogens with two attached hydrogens (primary N) is 2. The van der Waals surface area contributed by atoms with Crippen LogP contribution in [0.3, 0.4) is 0 Å². The van der Waals surface area contributed by atoms with E-state index in [1.165, 1.54) is 25.3 Å². The van der Waals surface area contributed by atoms with Crippen molar-refractivity contribution in [1.82, 2.24) is 39.0 Å². The Balaban J connectivity index is 1.20. The molecule has 4 aromatic heterocycles. The van der Waals surface area contributed by atoms with Gasteiger partial charge in [0.2, 0.25) is 0 Å². The normalized spacial score (nSPS) is 36.5. The molecule has 2 saturated heterocycles. The third kappa shape index (κ3) is 4.59. The van der Waals surface area contributed by atoms with Crippen LogP contribution in [-0.2, 0) is 39.2 Å². The summed E-state index contributed by atoms with van der Waals surface area (Å²) in [6.45, 7) is -7.97. The summed E-state index contributed by atoms with van der Waals surface area (Å²) in [4.78, 5) is 36.1. The maximum atomic E-state index is 13.3. The second kappa shape index (κ2) is 9.62. The molecule has 8 atom stereocenters. The molecular formula is C19H22N10O7P2S2. The molecular weight excluding hydrogens is 606 g/mol. The van der Waals surface area contributed by atoms with E-state index in [1.54, 1.807) is 9.13 Å². The van der Waals surface area contributed by atoms with Gasteiger partial charge >= 0.3 is 13.5 Å². The van der Waals surface area contributed by atoms with Crippen LogP contribution in [0.1, 0.15) is 25.1 Å². The molecule has 2 aliphatic heterocycles. The van der Waals surface area contributed by atoms with Crippen LogP contribution >= 0.6 is 25.8 Å². The lowest BCUT2D eigenvalue weighted by Gasteiger charge is -2.45. The van der Waals surface area contributed by atoms with E-state index in [-0.39, 0.29) is 24.7 Å². The molecule has 3 unspecified atom stereocenters. The fraction of sp³-hybridized carbons (Fsp3) is 0.474. The number of hydrogen-bond donors (Lipinski definition) is 4. The summed E-state index contributed by atoms with van der Waals surface area (Å²) >= 11 is 9.60. The Morgan fingerprint density at radius 2 is 1.55 bits per heavy atom. The molecule has 5 N–H and O–H groups in total. The summed E-state index contributed by atoms with van der Waals surface area (Å²) in [5.41, 5.74) is 13.5. The smallest absolute Gasteiger partial charge is 0.382 e. The Kier molecular flexibility index (Phi) is 6.39. The molecule has 212 valence electrons. The van der Waals surface area contributed by atoms with Crippen LogP contribution in [0.2, 0.25) is 0 Å². The third-order valence-corrected chi connectivity index (χ3v) is 10.2. The van der Waals surface area contributed by atoms with Crippen molar-refractivity contribution in [1.29, 1.82) is 0 Å². The predicted molar refractivity (Wildman–Crippen MR) is 145 cm³/mol. The van der Waals surface area contributed by atoms with Crippen LogP contribution in [0.25, 0.3) is 22.3 Å². The highest BCUT2D eigenvalue weighted by atomic mass is 32.7. The maximum absolute atomic E-state index is 13.3. The molecule has 7 rings (SSSR count). The van der Waals surface area contributed by atoms with E-state index in [9.17, 15) is 9.46 Å². The lowest BCUT2D eigenvalue weighted by Crippen LogP contribution is -2.49. The van der Waals surface area contributed by atoms with E-state index in [0.29, 0.717) is 28.7 Å². The first-order valence-corrected chi connectivity index (χ1v) is 17.2. The number of nitrogen functional groups attached to an aromatic ring is 2. The van der Waals surface area contributed by atoms with Crippen molar-refractivity contribution in [2.24, 2.45) is 0 Å². The van der Waals surface area contributed by atoms with Gasteiger partial charge in [0, 0.05) is 12.8 Å². The molecule has 40 heavy (non-hydrogen) atoms. The van der Waals surface area contributed by atoms with Gasteiger partial charge in [-0.1, -0.05) is 12.2 Å². The fourth-order valence-corrected chi connectivity index (χ4v) is 8.45. The highest BCUT2D eigenvalue weighted by molar-refractivity contribution is 8.44. The second-order valence-corrected chi connectivity index (χ2v) is 15.1. The standard InChI is InChI=1S/C19H22N10O7P2S2/c20-15-12-17(24-4-22-15)28(6-26-12)9-2-10-14(9)36-37(30,39)32-3-8-1-11(35-38(31,40)34-10)19(33-8)29-7-27-13-16(21)23-5-25-18(13)29/h4-11,14,19H,1-3H2,(H,30,39)(H,31,40)(H2,20,22,24)(H2,21,23,25)/t8-,9+,10?,11+,14-,19+,37?,38?/m0/s1. The van der Waals surface area contributed by atoms with Gasteiger partial charge in [0.15, 0.2) is 29.2 Å². The molecule has 0 spiro atoms. The largest absolute Gasteiger partial charge is 0.386 e. The molecule has 3 fully saturated rings. The molecule has 0 radical (unpaired) electrons. The van der Waals surface area contributed by atoms with Crippen molar-refractivity contribution >= 4 is 71.5 Å². The number of aromatic nitrogens is 8. The first kappa shape index (κ1) is 26.6. The Bertz CT molecular complexity index is 1720. The van der Waals surface area contributed by atoms with Crippen LogP contribution in [0.5, 0.6) is 0 Å². The van der Waals surface area contributed by atoms with Gasteiger partial charge in [-0.25, -0.2) is 34.5 Å². The Labute approximate surface area is 235 Å². The van der Waals surface area contributed by atoms with Crippen molar-refractivity contribution in [2.75, 3.05) is 18.1 Å². The predicted octanol–water partition coefficient (Wildman–Crippen LogP) is 1.50. The number of anilines is 2. The number of imidazole rings is 2. The van der Waals surface area contributed by atoms with Gasteiger partial charge in [0.25, 0.3) is 0 Å². The topological polar surface area (TPSA) is 223 Å². The monoisotopic (exact) mass is 628 g/mol. The Morgan fingerprint density at radius 3 is 2.25 bits per heavy atom. The van der Waals surface area contributed by atoms with Crippen LogP contribution in [0.15, 0.2) is 25.3 Å². The molecule has 2 bridgehead atoms. The molecule has 1 saturated carbocycles. The average Bonchev–Trinajstić information content (AvgIpc) is 3.61. The number of rotatable bonds is 2. The average molecular weight is 629 g/mol. The molecule has 4 aromatic rings. The summed E-state index contributed by atoms with van der Waals surface area (Å²) < 4.78 is 46.2. The second-order valence-electron chi connectivity index (χ2n) is 9.44. The van der Waals surface area contributed by atoms with Crippen molar-refractivity contribution in [3.63, 3.8) is 0 Å². The quantitative estimate of drug-likeness (QED) is 0.182. The summed E-state index contributed by atoms with van der Waals surface area (Å²) in [5, 5.41) is 0. The zero-order valence-corrected chi connectivity index (χ0v) is 23.8. The summed E-state index contributed by atoms with van der Waals surface area (Å²) in [6, 6.07) is -0.463. The first-order valence-electron chi connectivity index (χ1n) is 12.0. The number of thiol groups is 1. The van der Waals surface area contributed by atoms with Gasteiger partial charge in [-0.3, -0.25) is 13.6 Å². The minimum absolute atomic E-state index is 0.143. The van der Waals surface area contributed by atoms with Gasteiger partial charge in [0.05, 0.1) is 37.5 Å². The van der Waals surface area contributed by atoms with Gasteiger partial charge in [-0.15, -0.1) is 0 Å². The van der Waals surface area contributed by atoms with Crippen LogP contribution in [0, 0.1) is 0 Å². The number of hydrogen-bond acceptors (Lipinski definition) is 15. The molecule has 17 nitrogen and oxygen atoms in total. The molecule has 3 aliphatic rings. The maximum Gasteiger partial charge on any atom is 0.386 e. The van der Waals surface area contributed by atoms with E-state index in [0.717, 1.165) is 0 Å². The number of nitrogens with zero attached hydrogens (tertiary/aromatic N) is 8. The van der Waals surface area contributed by atoms with E-state index in [1.807, 2.05) is 0 Å². The van der Waals surface area contributed by atoms with Crippen molar-refractivity contribution in [3.8, 4) is 0 Å². The Hall–Kier alpha value is -2.31. The number of fused-ring (bicyclic) bond motifs is 5. The molecule has 0 amide bonds. The molecule has 1 aliphatic carbocycles. The summed E-state index contributed by atoms with van der Waals surface area (Å²) in [7, 11) is 0. The van der Waals surface area contributed by atoms with E-state index in [4.69, 9.17) is 46.1 Å². The first-order chi connectivity index (χ1) is 19.1. The highest BCUT2D eigenvalue weighted by Gasteiger charge is 2.52. The van der Waals surface area contributed by atoms with Crippen LogP contribution < -0.4 is 11.5 Å². The molecule has 21 heteroatoms. The van der Waals surface area contributed by atoms with Gasteiger partial charge in [-0.05, 0) is 11.8 Å². The summed E-state index contributed by atoms with van der Waals surface area (Å²) in [6.07, 6.45) is 2.18. The third-order valence-electron chi connectivity index (χ3n) is 6.99. The van der Waals surface area contributed by atoms with Crippen LogP contribution in [0.4, 0.5) is 11.6 Å². The van der Waals surface area contributed by atoms with E-state index < -0.39 is 50.2 Å². The van der Waals surface area contributed by atoms with Crippen molar-refractivity contribution in [2.45, 2.75) is 49.5 Å². The SMILES string of the molecule is Nc1ncnc2c1ncn2[C@@H]1CC2OP(O)(=S)O[C@@H]3C[C@@H](COP(=O)(S)O[C@H]21)O[C@H]3n1cnc2c(N)ncnc21. The van der Waals surface area contributed by atoms with Crippen molar-refractivity contribution in [3.05, 3.63) is 25.3 Å². The lowest BCUT2D eigenvalue weighted by molar-refractivity contribution is -0.0777. The van der Waals surface area contributed by atoms with E-state index in [2.05, 4.69) is 42.2 Å². The van der Waals surface area contributed by atoms with Crippen LogP contribution in [-0.4, -0.2) is 75.0 Å². The number of ether oxygens (including phenoxy) is 1. The van der Waals surface area contributed by atoms with Gasteiger partial charge < -0.3 is 34.7 Å². The minimum Gasteiger partial charge on any atom is -0.382 e. The zero-order valence-electron chi connectivity index (χ0n) is 20.3. The lowest BCUT2D eigenvalue weighted by atomic mass is 9.85. The van der Waals surface area contributed by atoms with Gasteiger partial charge in [-0.2, -0.15) is 0 Å². The zero-order chi connectivity index (χ0) is 27.8. The molecule has 0 aromatic carbocycles. The van der Waals surface area contributed by atoms with Gasteiger partial charge in [0.1, 0.15) is 35.9 Å². The van der Waals surface area contributed by atoms with E-state index >= 15 is 0 Å². The summed E-state index contributed by atoms with van der Waals surface area (Å²) in [5.74, 6) is 0.405. The molecule has 6 heterocycles. The minimum atomic E-state index is -3.95.